The zero-order valence-corrected chi connectivity index (χ0v) is 18.1. The van der Waals surface area contributed by atoms with Gasteiger partial charge in [0.2, 0.25) is 5.78 Å². The molecule has 3 aromatic rings. The van der Waals surface area contributed by atoms with Crippen LogP contribution in [-0.2, 0) is 9.59 Å². The summed E-state index contributed by atoms with van der Waals surface area (Å²) in [6.07, 6.45) is 0. The van der Waals surface area contributed by atoms with Gasteiger partial charge in [-0.05, 0) is 59.7 Å². The Morgan fingerprint density at radius 3 is 2.21 bits per heavy atom. The van der Waals surface area contributed by atoms with Gasteiger partial charge in [-0.2, -0.15) is 0 Å². The van der Waals surface area contributed by atoms with Crippen LogP contribution in [-0.4, -0.2) is 30.6 Å². The minimum Gasteiger partial charge on any atom is -0.545 e. The standard InChI is InChI=1S/C25H18ClNO6/c1-33-19-11-7-14(8-12-19)21-20(22(28)15-5-9-17(26)10-6-15)23(29)24(30)27(21)18-4-2-3-16(13-18)25(31)32/h2-13,20-21H,1H3,(H,31,32)/p-1/t20-,21+/m1/s1. The van der Waals surface area contributed by atoms with E-state index >= 15 is 0 Å². The number of nitrogens with zero attached hydrogens (tertiary/aromatic N) is 1. The molecule has 8 heteroatoms. The quantitative estimate of drug-likeness (QED) is 0.317. The van der Waals surface area contributed by atoms with E-state index < -0.39 is 35.4 Å². The Morgan fingerprint density at radius 1 is 0.939 bits per heavy atom. The van der Waals surface area contributed by atoms with Gasteiger partial charge in [0, 0.05) is 16.3 Å². The van der Waals surface area contributed by atoms with Crippen molar-refractivity contribution in [2.45, 2.75) is 6.04 Å². The number of carbonyl (C=O) groups is 4. The molecule has 0 radical (unpaired) electrons. The Morgan fingerprint density at radius 2 is 1.61 bits per heavy atom. The summed E-state index contributed by atoms with van der Waals surface area (Å²) in [6, 6.07) is 17.2. The molecule has 33 heavy (non-hydrogen) atoms. The zero-order chi connectivity index (χ0) is 23.7. The summed E-state index contributed by atoms with van der Waals surface area (Å²) in [6.45, 7) is 0. The molecule has 0 N–H and O–H groups in total. The summed E-state index contributed by atoms with van der Waals surface area (Å²) >= 11 is 5.92. The van der Waals surface area contributed by atoms with Crippen LogP contribution in [0.1, 0.15) is 32.3 Å². The number of hydrogen-bond donors (Lipinski definition) is 0. The third-order valence-electron chi connectivity index (χ3n) is 5.53. The second kappa shape index (κ2) is 8.88. The summed E-state index contributed by atoms with van der Waals surface area (Å²) in [5.41, 5.74) is 0.756. The Labute approximate surface area is 194 Å². The number of aromatic carboxylic acids is 1. The van der Waals surface area contributed by atoms with Gasteiger partial charge in [-0.1, -0.05) is 35.9 Å². The predicted molar refractivity (Wildman–Crippen MR) is 118 cm³/mol. The van der Waals surface area contributed by atoms with Crippen molar-refractivity contribution in [1.29, 1.82) is 0 Å². The van der Waals surface area contributed by atoms with Crippen molar-refractivity contribution in [3.8, 4) is 5.75 Å². The highest BCUT2D eigenvalue weighted by Crippen LogP contribution is 2.41. The van der Waals surface area contributed by atoms with Gasteiger partial charge in [0.25, 0.3) is 5.91 Å². The number of amides is 1. The number of methoxy groups -OCH3 is 1. The lowest BCUT2D eigenvalue weighted by atomic mass is 9.86. The van der Waals surface area contributed by atoms with E-state index in [4.69, 9.17) is 16.3 Å². The Bertz CT molecular complexity index is 1250. The molecule has 1 aliphatic heterocycles. The van der Waals surface area contributed by atoms with E-state index in [0.29, 0.717) is 16.3 Å². The SMILES string of the molecule is COc1ccc([C@H]2[C@H](C(=O)c3ccc(Cl)cc3)C(=O)C(=O)N2c2cccc(C(=O)[O-])c2)cc1. The second-order valence-electron chi connectivity index (χ2n) is 7.44. The van der Waals surface area contributed by atoms with Crippen LogP contribution in [0.25, 0.3) is 0 Å². The summed E-state index contributed by atoms with van der Waals surface area (Å²) in [7, 11) is 1.50. The minimum absolute atomic E-state index is 0.159. The molecule has 166 valence electrons. The lowest BCUT2D eigenvalue weighted by Crippen LogP contribution is -2.31. The van der Waals surface area contributed by atoms with Gasteiger partial charge in [0.05, 0.1) is 19.1 Å². The molecule has 7 nitrogen and oxygen atoms in total. The van der Waals surface area contributed by atoms with Crippen LogP contribution in [0, 0.1) is 5.92 Å². The van der Waals surface area contributed by atoms with Gasteiger partial charge in [-0.25, -0.2) is 0 Å². The second-order valence-corrected chi connectivity index (χ2v) is 7.88. The molecule has 1 saturated heterocycles. The largest absolute Gasteiger partial charge is 0.545 e. The molecule has 0 aliphatic carbocycles. The van der Waals surface area contributed by atoms with Crippen molar-refractivity contribution >= 4 is 40.7 Å². The lowest BCUT2D eigenvalue weighted by molar-refractivity contribution is -0.255. The fourth-order valence-corrected chi connectivity index (χ4v) is 4.06. The smallest absolute Gasteiger partial charge is 0.295 e. The Balaban J connectivity index is 1.86. The molecule has 1 aliphatic rings. The van der Waals surface area contributed by atoms with Crippen LogP contribution < -0.4 is 14.7 Å². The van der Waals surface area contributed by atoms with Crippen LogP contribution in [0.5, 0.6) is 5.75 Å². The first-order valence-electron chi connectivity index (χ1n) is 9.94. The fraction of sp³-hybridized carbons (Fsp3) is 0.120. The number of carbonyl (C=O) groups excluding carboxylic acids is 4. The Kier molecular flexibility index (Phi) is 5.98. The highest BCUT2D eigenvalue weighted by Gasteiger charge is 2.52. The third kappa shape index (κ3) is 4.10. The van der Waals surface area contributed by atoms with E-state index in [1.807, 2.05) is 0 Å². The Hall–Kier alpha value is -3.97. The van der Waals surface area contributed by atoms with Crippen LogP contribution in [0.4, 0.5) is 5.69 Å². The summed E-state index contributed by atoms with van der Waals surface area (Å²) in [4.78, 5) is 52.1. The number of ketones is 2. The van der Waals surface area contributed by atoms with E-state index in [0.717, 1.165) is 4.90 Å². The van der Waals surface area contributed by atoms with Gasteiger partial charge in [-0.15, -0.1) is 0 Å². The summed E-state index contributed by atoms with van der Waals surface area (Å²) in [5, 5.41) is 11.8. The predicted octanol–water partition coefficient (Wildman–Crippen LogP) is 2.87. The first-order chi connectivity index (χ1) is 15.8. The molecule has 0 aromatic heterocycles. The summed E-state index contributed by atoms with van der Waals surface area (Å²) in [5.74, 6) is -4.53. The van der Waals surface area contributed by atoms with Crippen LogP contribution in [0.3, 0.4) is 0 Å². The van der Waals surface area contributed by atoms with E-state index in [1.165, 1.54) is 55.6 Å². The molecule has 0 unspecified atom stereocenters. The number of Topliss-reactive ketones (excluding diaryl/α,β-unsaturated/α-hetero) is 2. The van der Waals surface area contributed by atoms with Crippen LogP contribution in [0.15, 0.2) is 72.8 Å². The average Bonchev–Trinajstić information content (AvgIpc) is 3.09. The number of carboxylic acid groups (broad SMARTS) is 1. The minimum atomic E-state index is -1.43. The number of benzene rings is 3. The van der Waals surface area contributed by atoms with Crippen molar-refractivity contribution in [2.24, 2.45) is 5.92 Å². The monoisotopic (exact) mass is 462 g/mol. The van der Waals surface area contributed by atoms with E-state index in [1.54, 1.807) is 24.3 Å². The summed E-state index contributed by atoms with van der Waals surface area (Å²) < 4.78 is 5.18. The highest BCUT2D eigenvalue weighted by atomic mass is 35.5. The molecule has 1 heterocycles. The first kappa shape index (κ1) is 22.2. The van der Waals surface area contributed by atoms with Gasteiger partial charge in [0.1, 0.15) is 11.7 Å². The van der Waals surface area contributed by atoms with Crippen molar-refractivity contribution in [1.82, 2.24) is 0 Å². The number of halogens is 1. The number of rotatable bonds is 6. The van der Waals surface area contributed by atoms with Crippen molar-refractivity contribution in [2.75, 3.05) is 12.0 Å². The van der Waals surface area contributed by atoms with Gasteiger partial charge in [0.15, 0.2) is 5.78 Å². The van der Waals surface area contributed by atoms with Crippen molar-refractivity contribution in [3.63, 3.8) is 0 Å². The molecule has 1 fully saturated rings. The van der Waals surface area contributed by atoms with Crippen molar-refractivity contribution in [3.05, 3.63) is 94.5 Å². The maximum atomic E-state index is 13.4. The lowest BCUT2D eigenvalue weighted by Gasteiger charge is -2.28. The number of hydrogen-bond acceptors (Lipinski definition) is 6. The van der Waals surface area contributed by atoms with Gasteiger partial charge < -0.3 is 14.6 Å². The molecule has 0 spiro atoms. The molecule has 1 amide bonds. The molecule has 2 atom stereocenters. The van der Waals surface area contributed by atoms with E-state index in [2.05, 4.69) is 0 Å². The molecular formula is C25H17ClNO6-. The topological polar surface area (TPSA) is 104 Å². The van der Waals surface area contributed by atoms with Crippen molar-refractivity contribution < 1.29 is 29.0 Å². The molecule has 4 rings (SSSR count). The third-order valence-corrected chi connectivity index (χ3v) is 5.79. The molecule has 0 saturated carbocycles. The molecule has 3 aromatic carbocycles. The van der Waals surface area contributed by atoms with E-state index in [9.17, 15) is 24.3 Å². The maximum absolute atomic E-state index is 13.4. The number of ether oxygens (including phenoxy) is 1. The number of anilines is 1. The van der Waals surface area contributed by atoms with E-state index in [-0.39, 0.29) is 16.8 Å². The van der Waals surface area contributed by atoms with Crippen LogP contribution >= 0.6 is 11.6 Å². The molecule has 0 bridgehead atoms. The number of carboxylic acids is 1. The van der Waals surface area contributed by atoms with Gasteiger partial charge >= 0.3 is 0 Å². The zero-order valence-electron chi connectivity index (χ0n) is 17.4. The average molecular weight is 463 g/mol. The fourth-order valence-electron chi connectivity index (χ4n) is 3.93. The molecular weight excluding hydrogens is 446 g/mol. The highest BCUT2D eigenvalue weighted by molar-refractivity contribution is 6.49. The normalized spacial score (nSPS) is 17.8. The van der Waals surface area contributed by atoms with Crippen LogP contribution in [0.2, 0.25) is 5.02 Å². The first-order valence-corrected chi connectivity index (χ1v) is 10.3. The van der Waals surface area contributed by atoms with Gasteiger partial charge in [-0.3, -0.25) is 19.3 Å². The maximum Gasteiger partial charge on any atom is 0.295 e.